The molecule has 1 aromatic carbocycles. The molecule has 22 heavy (non-hydrogen) atoms. The van der Waals surface area contributed by atoms with Crippen LogP contribution in [-0.4, -0.2) is 61.9 Å². The van der Waals surface area contributed by atoms with Crippen molar-refractivity contribution in [2.24, 2.45) is 0 Å². The summed E-state index contributed by atoms with van der Waals surface area (Å²) >= 11 is 0. The molecular weight excluding hydrogens is 290 g/mol. The molecule has 2 unspecified atom stereocenters. The summed E-state index contributed by atoms with van der Waals surface area (Å²) in [6.07, 6.45) is -0.570. The van der Waals surface area contributed by atoms with E-state index < -0.39 is 18.1 Å². The fourth-order valence-corrected chi connectivity index (χ4v) is 2.53. The molecule has 1 aliphatic heterocycles. The second kappa shape index (κ2) is 6.65. The molecule has 0 saturated carbocycles. The first-order valence-corrected chi connectivity index (χ1v) is 6.80. The van der Waals surface area contributed by atoms with Gasteiger partial charge in [-0.2, -0.15) is 0 Å². The summed E-state index contributed by atoms with van der Waals surface area (Å²) in [7, 11) is 4.23. The number of carbonyl (C=O) groups excluding carboxylic acids is 2. The minimum atomic E-state index is -0.777. The van der Waals surface area contributed by atoms with Crippen LogP contribution in [0, 0.1) is 0 Å². The van der Waals surface area contributed by atoms with Crippen molar-refractivity contribution >= 4 is 11.9 Å². The molecule has 2 rings (SSSR count). The summed E-state index contributed by atoms with van der Waals surface area (Å²) in [5, 5.41) is 9.75. The molecule has 2 atom stereocenters. The molecule has 1 amide bonds. The van der Waals surface area contributed by atoms with Crippen LogP contribution in [0.25, 0.3) is 0 Å². The van der Waals surface area contributed by atoms with E-state index in [0.29, 0.717) is 17.1 Å². The van der Waals surface area contributed by atoms with Gasteiger partial charge in [0.2, 0.25) is 0 Å². The van der Waals surface area contributed by atoms with Crippen molar-refractivity contribution in [2.75, 3.05) is 27.9 Å². The molecule has 1 aliphatic rings. The number of likely N-dealkylation sites (tertiary alicyclic amines) is 1. The van der Waals surface area contributed by atoms with Crippen LogP contribution in [0.1, 0.15) is 16.8 Å². The second-order valence-corrected chi connectivity index (χ2v) is 4.96. The van der Waals surface area contributed by atoms with Crippen LogP contribution in [0.4, 0.5) is 0 Å². The van der Waals surface area contributed by atoms with Crippen LogP contribution in [0.5, 0.6) is 11.5 Å². The van der Waals surface area contributed by atoms with Crippen molar-refractivity contribution in [3.63, 3.8) is 0 Å². The molecule has 1 aromatic rings. The highest BCUT2D eigenvalue weighted by Crippen LogP contribution is 2.29. The van der Waals surface area contributed by atoms with Crippen molar-refractivity contribution in [3.8, 4) is 11.5 Å². The van der Waals surface area contributed by atoms with Crippen LogP contribution < -0.4 is 9.47 Å². The summed E-state index contributed by atoms with van der Waals surface area (Å²) in [5.74, 6) is 0.0195. The third-order valence-corrected chi connectivity index (χ3v) is 3.64. The highest BCUT2D eigenvalue weighted by molar-refractivity contribution is 5.97. The SMILES string of the molecule is COC(=O)C1CC(O)CN1C(=O)c1ccc(OC)c(OC)c1. The zero-order valence-corrected chi connectivity index (χ0v) is 12.7. The van der Waals surface area contributed by atoms with Gasteiger partial charge in [0.15, 0.2) is 11.5 Å². The van der Waals surface area contributed by atoms with Gasteiger partial charge in [0.1, 0.15) is 6.04 Å². The minimum Gasteiger partial charge on any atom is -0.493 e. The zero-order chi connectivity index (χ0) is 16.3. The molecule has 0 spiro atoms. The van der Waals surface area contributed by atoms with E-state index in [1.165, 1.54) is 26.2 Å². The van der Waals surface area contributed by atoms with Crippen LogP contribution in [-0.2, 0) is 9.53 Å². The summed E-state index contributed by atoms with van der Waals surface area (Å²) in [4.78, 5) is 25.7. The van der Waals surface area contributed by atoms with Crippen molar-refractivity contribution in [3.05, 3.63) is 23.8 Å². The molecule has 0 aromatic heterocycles. The fraction of sp³-hybridized carbons (Fsp3) is 0.467. The first kappa shape index (κ1) is 16.1. The van der Waals surface area contributed by atoms with E-state index in [1.54, 1.807) is 18.2 Å². The van der Waals surface area contributed by atoms with Gasteiger partial charge in [-0.15, -0.1) is 0 Å². The van der Waals surface area contributed by atoms with Crippen molar-refractivity contribution in [1.29, 1.82) is 0 Å². The molecule has 1 N–H and O–H groups in total. The summed E-state index contributed by atoms with van der Waals surface area (Å²) in [6, 6.07) is 3.97. The molecule has 1 saturated heterocycles. The van der Waals surface area contributed by atoms with Crippen molar-refractivity contribution < 1.29 is 28.9 Å². The molecule has 0 radical (unpaired) electrons. The normalized spacial score (nSPS) is 20.6. The molecule has 0 aliphatic carbocycles. The lowest BCUT2D eigenvalue weighted by atomic mass is 10.1. The number of amides is 1. The predicted octanol–water partition coefficient (Wildman–Crippen LogP) is 0.452. The third kappa shape index (κ3) is 2.99. The van der Waals surface area contributed by atoms with Gasteiger partial charge in [-0.1, -0.05) is 0 Å². The average Bonchev–Trinajstić information content (AvgIpc) is 2.94. The van der Waals surface area contributed by atoms with Gasteiger partial charge in [0.25, 0.3) is 5.91 Å². The Labute approximate surface area is 128 Å². The van der Waals surface area contributed by atoms with E-state index in [-0.39, 0.29) is 18.9 Å². The van der Waals surface area contributed by atoms with E-state index in [1.807, 2.05) is 0 Å². The Kier molecular flexibility index (Phi) is 4.87. The van der Waals surface area contributed by atoms with Gasteiger partial charge in [0.05, 0.1) is 27.4 Å². The Balaban J connectivity index is 2.28. The molecule has 1 heterocycles. The number of ether oxygens (including phenoxy) is 3. The van der Waals surface area contributed by atoms with E-state index in [9.17, 15) is 14.7 Å². The summed E-state index contributed by atoms with van der Waals surface area (Å²) in [5.41, 5.74) is 0.348. The Hall–Kier alpha value is -2.28. The average molecular weight is 309 g/mol. The van der Waals surface area contributed by atoms with E-state index in [4.69, 9.17) is 14.2 Å². The van der Waals surface area contributed by atoms with Gasteiger partial charge in [-0.3, -0.25) is 4.79 Å². The molecular formula is C15H19NO6. The van der Waals surface area contributed by atoms with E-state index >= 15 is 0 Å². The number of carbonyl (C=O) groups is 2. The number of methoxy groups -OCH3 is 3. The molecule has 120 valence electrons. The Morgan fingerprint density at radius 2 is 1.86 bits per heavy atom. The maximum absolute atomic E-state index is 12.6. The number of hydrogen-bond acceptors (Lipinski definition) is 6. The Bertz CT molecular complexity index is 573. The number of β-amino-alcohol motifs (C(OH)–C–C–N with tert-alkyl or cyclic N) is 1. The first-order chi connectivity index (χ1) is 10.5. The lowest BCUT2D eigenvalue weighted by Crippen LogP contribution is -2.41. The van der Waals surface area contributed by atoms with Gasteiger partial charge < -0.3 is 24.2 Å². The van der Waals surface area contributed by atoms with Gasteiger partial charge in [0, 0.05) is 18.5 Å². The molecule has 7 nitrogen and oxygen atoms in total. The fourth-order valence-electron chi connectivity index (χ4n) is 2.53. The van der Waals surface area contributed by atoms with Crippen molar-refractivity contribution in [2.45, 2.75) is 18.6 Å². The molecule has 0 bridgehead atoms. The highest BCUT2D eigenvalue weighted by Gasteiger charge is 2.40. The lowest BCUT2D eigenvalue weighted by Gasteiger charge is -2.22. The summed E-state index contributed by atoms with van der Waals surface area (Å²) < 4.78 is 15.0. The number of nitrogens with zero attached hydrogens (tertiary/aromatic N) is 1. The number of aliphatic hydroxyl groups is 1. The summed E-state index contributed by atoms with van der Waals surface area (Å²) in [6.45, 7) is 0.0902. The van der Waals surface area contributed by atoms with Crippen LogP contribution in [0.3, 0.4) is 0 Å². The minimum absolute atomic E-state index is 0.0902. The molecule has 1 fully saturated rings. The zero-order valence-electron chi connectivity index (χ0n) is 12.7. The topological polar surface area (TPSA) is 85.3 Å². The third-order valence-electron chi connectivity index (χ3n) is 3.64. The predicted molar refractivity (Wildman–Crippen MR) is 77.0 cm³/mol. The van der Waals surface area contributed by atoms with Crippen LogP contribution in [0.15, 0.2) is 18.2 Å². The van der Waals surface area contributed by atoms with Gasteiger partial charge in [-0.05, 0) is 18.2 Å². The smallest absolute Gasteiger partial charge is 0.328 e. The number of esters is 1. The van der Waals surface area contributed by atoms with Crippen LogP contribution >= 0.6 is 0 Å². The van der Waals surface area contributed by atoms with E-state index in [0.717, 1.165) is 0 Å². The number of hydrogen-bond donors (Lipinski definition) is 1. The number of benzene rings is 1. The standard InChI is InChI=1S/C15H19NO6/c1-20-12-5-4-9(6-13(12)21-2)14(18)16-8-10(17)7-11(16)15(19)22-3/h4-6,10-11,17H,7-8H2,1-3H3. The second-order valence-electron chi connectivity index (χ2n) is 4.96. The first-order valence-electron chi connectivity index (χ1n) is 6.80. The number of rotatable bonds is 4. The van der Waals surface area contributed by atoms with Crippen LogP contribution in [0.2, 0.25) is 0 Å². The molecule has 7 heteroatoms. The quantitative estimate of drug-likeness (QED) is 0.813. The Morgan fingerprint density at radius 3 is 2.45 bits per heavy atom. The Morgan fingerprint density at radius 1 is 1.18 bits per heavy atom. The maximum atomic E-state index is 12.6. The highest BCUT2D eigenvalue weighted by atomic mass is 16.5. The largest absolute Gasteiger partial charge is 0.493 e. The van der Waals surface area contributed by atoms with E-state index in [2.05, 4.69) is 0 Å². The maximum Gasteiger partial charge on any atom is 0.328 e. The monoisotopic (exact) mass is 309 g/mol. The van der Waals surface area contributed by atoms with Gasteiger partial charge >= 0.3 is 5.97 Å². The van der Waals surface area contributed by atoms with Crippen molar-refractivity contribution in [1.82, 2.24) is 4.90 Å². The lowest BCUT2D eigenvalue weighted by molar-refractivity contribution is -0.145. The van der Waals surface area contributed by atoms with Gasteiger partial charge in [-0.25, -0.2) is 4.79 Å². The number of aliphatic hydroxyl groups excluding tert-OH is 1.